The molecule has 0 radical (unpaired) electrons. The number of nitrogens with one attached hydrogen (secondary N) is 1. The first-order valence-electron chi connectivity index (χ1n) is 7.13. The minimum atomic E-state index is -3.91. The Morgan fingerprint density at radius 1 is 1.28 bits per heavy atom. The zero-order valence-electron chi connectivity index (χ0n) is 13.8. The van der Waals surface area contributed by atoms with Crippen LogP contribution in [0, 0.1) is 20.8 Å². The summed E-state index contributed by atoms with van der Waals surface area (Å²) in [5.74, 6) is -1.08. The fourth-order valence-corrected chi connectivity index (χ4v) is 2.97. The molecule has 0 saturated heterocycles. The van der Waals surface area contributed by atoms with Crippen LogP contribution in [-0.2, 0) is 19.6 Å². The minimum Gasteiger partial charge on any atom is -0.452 e. The Morgan fingerprint density at radius 2 is 1.96 bits per heavy atom. The van der Waals surface area contributed by atoms with Crippen molar-refractivity contribution < 1.29 is 27.3 Å². The highest BCUT2D eigenvalue weighted by Gasteiger charge is 2.20. The number of carbonyl (C=O) groups excluding carboxylic acids is 2. The van der Waals surface area contributed by atoms with Gasteiger partial charge in [-0.15, -0.1) is 0 Å². The van der Waals surface area contributed by atoms with E-state index in [9.17, 15) is 18.0 Å². The summed E-state index contributed by atoms with van der Waals surface area (Å²) >= 11 is 0. The Hall–Kier alpha value is -2.72. The monoisotopic (exact) mass is 367 g/mol. The number of ether oxygens (including phenoxy) is 1. The van der Waals surface area contributed by atoms with Gasteiger partial charge in [-0.1, -0.05) is 11.2 Å². The van der Waals surface area contributed by atoms with Crippen molar-refractivity contribution in [3.8, 4) is 0 Å². The lowest BCUT2D eigenvalue weighted by Gasteiger charge is -2.09. The van der Waals surface area contributed by atoms with Gasteiger partial charge in [0.1, 0.15) is 11.3 Å². The Balaban J connectivity index is 2.03. The van der Waals surface area contributed by atoms with Crippen molar-refractivity contribution in [1.82, 2.24) is 5.16 Å². The highest BCUT2D eigenvalue weighted by molar-refractivity contribution is 7.89. The molecule has 0 unspecified atom stereocenters. The molecule has 3 N–H and O–H groups in total. The third kappa shape index (κ3) is 4.43. The molecule has 9 nitrogen and oxygen atoms in total. The molecular weight excluding hydrogens is 350 g/mol. The average molecular weight is 367 g/mol. The number of nitrogens with zero attached hydrogens (tertiary/aromatic N) is 1. The van der Waals surface area contributed by atoms with Gasteiger partial charge >= 0.3 is 5.97 Å². The number of primary sulfonamides is 1. The number of anilines is 1. The molecule has 0 aliphatic carbocycles. The zero-order chi connectivity index (χ0) is 18.8. The van der Waals surface area contributed by atoms with Crippen LogP contribution in [0.3, 0.4) is 0 Å². The van der Waals surface area contributed by atoms with Crippen LogP contribution in [0.25, 0.3) is 0 Å². The van der Waals surface area contributed by atoms with E-state index in [0.717, 1.165) is 0 Å². The van der Waals surface area contributed by atoms with Crippen LogP contribution >= 0.6 is 0 Å². The second kappa shape index (κ2) is 7.03. The van der Waals surface area contributed by atoms with Crippen LogP contribution in [0.5, 0.6) is 0 Å². The Kier molecular flexibility index (Phi) is 5.24. The molecule has 0 aliphatic heterocycles. The highest BCUT2D eigenvalue weighted by atomic mass is 32.2. The van der Waals surface area contributed by atoms with Gasteiger partial charge in [-0.05, 0) is 38.5 Å². The summed E-state index contributed by atoms with van der Waals surface area (Å²) < 4.78 is 32.7. The van der Waals surface area contributed by atoms with E-state index < -0.39 is 28.5 Å². The Morgan fingerprint density at radius 3 is 2.52 bits per heavy atom. The van der Waals surface area contributed by atoms with E-state index >= 15 is 0 Å². The number of hydrogen-bond donors (Lipinski definition) is 2. The van der Waals surface area contributed by atoms with Gasteiger partial charge in [0.15, 0.2) is 6.61 Å². The molecule has 1 aromatic heterocycles. The smallest absolute Gasteiger partial charge is 0.344 e. The SMILES string of the molecule is Cc1ccc(NC(=O)COC(=O)c2c(C)noc2C)cc1S(N)(=O)=O. The molecule has 0 spiro atoms. The van der Waals surface area contributed by atoms with Crippen molar-refractivity contribution in [3.63, 3.8) is 0 Å². The molecule has 10 heteroatoms. The Bertz CT molecular complexity index is 913. The first kappa shape index (κ1) is 18.6. The van der Waals surface area contributed by atoms with Crippen molar-refractivity contribution in [1.29, 1.82) is 0 Å². The molecule has 134 valence electrons. The van der Waals surface area contributed by atoms with Crippen LogP contribution < -0.4 is 10.5 Å². The molecule has 0 aliphatic rings. The zero-order valence-corrected chi connectivity index (χ0v) is 14.6. The van der Waals surface area contributed by atoms with Crippen molar-refractivity contribution in [2.75, 3.05) is 11.9 Å². The lowest BCUT2D eigenvalue weighted by Crippen LogP contribution is -2.22. The molecule has 2 rings (SSSR count). The standard InChI is InChI=1S/C15H17N3O6S/c1-8-4-5-11(6-12(8)25(16,21)22)17-13(19)7-23-15(20)14-9(2)18-24-10(14)3/h4-6H,7H2,1-3H3,(H,17,19)(H2,16,21,22). The lowest BCUT2D eigenvalue weighted by atomic mass is 10.2. The number of sulfonamides is 1. The van der Waals surface area contributed by atoms with E-state index in [-0.39, 0.29) is 16.1 Å². The van der Waals surface area contributed by atoms with Gasteiger partial charge in [0.25, 0.3) is 5.91 Å². The molecule has 0 fully saturated rings. The second-order valence-corrected chi connectivity index (χ2v) is 6.88. The van der Waals surface area contributed by atoms with E-state index in [1.807, 2.05) is 0 Å². The van der Waals surface area contributed by atoms with E-state index in [2.05, 4.69) is 10.5 Å². The summed E-state index contributed by atoms with van der Waals surface area (Å²) in [5.41, 5.74) is 1.19. The lowest BCUT2D eigenvalue weighted by molar-refractivity contribution is -0.119. The molecule has 2 aromatic rings. The number of esters is 1. The van der Waals surface area contributed by atoms with Crippen molar-refractivity contribution in [2.24, 2.45) is 5.14 Å². The fraction of sp³-hybridized carbons (Fsp3) is 0.267. The van der Waals surface area contributed by atoms with Gasteiger partial charge in [-0.25, -0.2) is 18.4 Å². The van der Waals surface area contributed by atoms with Gasteiger partial charge in [-0.2, -0.15) is 0 Å². The van der Waals surface area contributed by atoms with Crippen LogP contribution in [0.1, 0.15) is 27.4 Å². The third-order valence-electron chi connectivity index (χ3n) is 3.35. The molecule has 0 saturated carbocycles. The van der Waals surface area contributed by atoms with Gasteiger partial charge in [0, 0.05) is 5.69 Å². The maximum atomic E-state index is 11.9. The maximum Gasteiger partial charge on any atom is 0.344 e. The number of carbonyl (C=O) groups is 2. The fourth-order valence-electron chi connectivity index (χ4n) is 2.16. The second-order valence-electron chi connectivity index (χ2n) is 5.35. The van der Waals surface area contributed by atoms with E-state index in [1.165, 1.54) is 18.2 Å². The van der Waals surface area contributed by atoms with Gasteiger partial charge in [0.05, 0.1) is 10.6 Å². The van der Waals surface area contributed by atoms with Crippen LogP contribution in [0.15, 0.2) is 27.6 Å². The molecular formula is C15H17N3O6S. The number of amides is 1. The number of benzene rings is 1. The van der Waals surface area contributed by atoms with E-state index in [4.69, 9.17) is 14.4 Å². The number of rotatable bonds is 5. The number of nitrogens with two attached hydrogens (primary N) is 1. The third-order valence-corrected chi connectivity index (χ3v) is 4.40. The van der Waals surface area contributed by atoms with Gasteiger partial charge in [0.2, 0.25) is 10.0 Å². The first-order valence-corrected chi connectivity index (χ1v) is 8.67. The van der Waals surface area contributed by atoms with E-state index in [0.29, 0.717) is 17.0 Å². The molecule has 0 bridgehead atoms. The van der Waals surface area contributed by atoms with Crippen LogP contribution in [0.4, 0.5) is 5.69 Å². The molecule has 25 heavy (non-hydrogen) atoms. The maximum absolute atomic E-state index is 11.9. The summed E-state index contributed by atoms with van der Waals surface area (Å²) in [4.78, 5) is 23.7. The van der Waals surface area contributed by atoms with Crippen molar-refractivity contribution in [2.45, 2.75) is 25.7 Å². The topological polar surface area (TPSA) is 142 Å². The molecule has 1 heterocycles. The minimum absolute atomic E-state index is 0.0991. The summed E-state index contributed by atoms with van der Waals surface area (Å²) in [6, 6.07) is 4.25. The molecule has 1 amide bonds. The largest absolute Gasteiger partial charge is 0.452 e. The number of hydrogen-bond acceptors (Lipinski definition) is 7. The molecule has 1 aromatic carbocycles. The first-order chi connectivity index (χ1) is 11.6. The van der Waals surface area contributed by atoms with Crippen molar-refractivity contribution in [3.05, 3.63) is 40.8 Å². The van der Waals surface area contributed by atoms with E-state index in [1.54, 1.807) is 20.8 Å². The predicted octanol–water partition coefficient (Wildman–Crippen LogP) is 1.04. The number of aromatic nitrogens is 1. The summed E-state index contributed by atoms with van der Waals surface area (Å²) in [7, 11) is -3.91. The van der Waals surface area contributed by atoms with Crippen LogP contribution in [-0.4, -0.2) is 32.1 Å². The summed E-state index contributed by atoms with van der Waals surface area (Å²) in [6.45, 7) is 4.16. The summed E-state index contributed by atoms with van der Waals surface area (Å²) in [6.07, 6.45) is 0. The highest BCUT2D eigenvalue weighted by Crippen LogP contribution is 2.19. The van der Waals surface area contributed by atoms with Gasteiger partial charge in [-0.3, -0.25) is 4.79 Å². The average Bonchev–Trinajstić information content (AvgIpc) is 2.85. The summed E-state index contributed by atoms with van der Waals surface area (Å²) in [5, 5.41) is 11.2. The van der Waals surface area contributed by atoms with Crippen LogP contribution in [0.2, 0.25) is 0 Å². The molecule has 0 atom stereocenters. The number of aryl methyl sites for hydroxylation is 3. The predicted molar refractivity (Wildman–Crippen MR) is 87.4 cm³/mol. The quantitative estimate of drug-likeness (QED) is 0.752. The van der Waals surface area contributed by atoms with Crippen molar-refractivity contribution >= 4 is 27.6 Å². The normalized spacial score (nSPS) is 11.2. The Labute approximate surface area is 144 Å². The van der Waals surface area contributed by atoms with Gasteiger partial charge < -0.3 is 14.6 Å².